The molecule has 0 bridgehead atoms. The van der Waals surface area contributed by atoms with Gasteiger partial charge in [0.2, 0.25) is 0 Å². The first-order valence-electron chi connectivity index (χ1n) is 19.9. The highest BCUT2D eigenvalue weighted by molar-refractivity contribution is 6.07. The summed E-state index contributed by atoms with van der Waals surface area (Å²) in [6.07, 6.45) is 6.58. The number of hydrogen-bond donors (Lipinski definition) is 3. The molecular weight excluding hydrogens is 652 g/mol. The molecular formula is C44H64N2O6. The van der Waals surface area contributed by atoms with Gasteiger partial charge in [-0.1, -0.05) is 71.4 Å². The van der Waals surface area contributed by atoms with Crippen molar-refractivity contribution in [3.05, 3.63) is 46.5 Å². The second kappa shape index (κ2) is 13.2. The highest BCUT2D eigenvalue weighted by atomic mass is 16.5. The van der Waals surface area contributed by atoms with Crippen LogP contribution in [-0.2, 0) is 30.5 Å². The van der Waals surface area contributed by atoms with E-state index in [4.69, 9.17) is 10.5 Å². The van der Waals surface area contributed by atoms with Crippen LogP contribution in [0.4, 0.5) is 0 Å². The fraction of sp³-hybridized carbons (Fsp3) is 0.727. The van der Waals surface area contributed by atoms with E-state index in [-0.39, 0.29) is 47.2 Å². The number of nitrogens with two attached hydrogens (primary N) is 1. The molecule has 286 valence electrons. The molecule has 8 nitrogen and oxygen atoms in total. The van der Waals surface area contributed by atoms with E-state index in [9.17, 15) is 24.3 Å². The van der Waals surface area contributed by atoms with Gasteiger partial charge >= 0.3 is 11.9 Å². The van der Waals surface area contributed by atoms with Gasteiger partial charge in [-0.25, -0.2) is 0 Å². The number of ether oxygens (including phenoxy) is 1. The lowest BCUT2D eigenvalue weighted by Gasteiger charge is -2.72. The molecule has 0 radical (unpaired) electrons. The smallest absolute Gasteiger partial charge is 0.309 e. The molecule has 4 fully saturated rings. The number of nitrogens with one attached hydrogen (secondary N) is 1. The Hall–Kier alpha value is -2.84. The van der Waals surface area contributed by atoms with Gasteiger partial charge in [-0.05, 0) is 123 Å². The van der Waals surface area contributed by atoms with Gasteiger partial charge < -0.3 is 20.9 Å². The summed E-state index contributed by atoms with van der Waals surface area (Å²) in [6.45, 7) is 19.5. The summed E-state index contributed by atoms with van der Waals surface area (Å²) in [6, 6.07) is 8.38. The Morgan fingerprint density at radius 2 is 1.65 bits per heavy atom. The quantitative estimate of drug-likeness (QED) is 0.209. The molecule has 4 saturated carbocycles. The summed E-state index contributed by atoms with van der Waals surface area (Å²) in [5, 5.41) is 13.0. The van der Waals surface area contributed by atoms with Crippen LogP contribution in [0.1, 0.15) is 131 Å². The summed E-state index contributed by atoms with van der Waals surface area (Å²) < 4.78 is 6.12. The highest BCUT2D eigenvalue weighted by Gasteiger charge is 2.71. The van der Waals surface area contributed by atoms with Crippen LogP contribution in [0, 0.1) is 57.7 Å². The Bertz CT molecular complexity index is 1660. The van der Waals surface area contributed by atoms with Gasteiger partial charge in [0.1, 0.15) is 6.10 Å². The molecule has 1 aromatic rings. The van der Waals surface area contributed by atoms with Crippen molar-refractivity contribution >= 4 is 23.5 Å². The first kappa shape index (κ1) is 38.9. The maximum Gasteiger partial charge on any atom is 0.309 e. The van der Waals surface area contributed by atoms with E-state index in [0.29, 0.717) is 31.2 Å². The Labute approximate surface area is 311 Å². The predicted octanol–water partition coefficient (Wildman–Crippen LogP) is 7.74. The molecule has 8 unspecified atom stereocenters. The molecule has 0 aliphatic heterocycles. The number of ketones is 2. The van der Waals surface area contributed by atoms with Crippen LogP contribution in [0.3, 0.4) is 0 Å². The van der Waals surface area contributed by atoms with Crippen LogP contribution in [0.25, 0.3) is 0 Å². The zero-order valence-corrected chi connectivity index (χ0v) is 33.2. The van der Waals surface area contributed by atoms with Gasteiger partial charge in [0.15, 0.2) is 11.6 Å². The first-order chi connectivity index (χ1) is 24.1. The molecule has 4 N–H and O–H groups in total. The van der Waals surface area contributed by atoms with Crippen LogP contribution in [-0.4, -0.2) is 46.8 Å². The van der Waals surface area contributed by atoms with Gasteiger partial charge in [-0.2, -0.15) is 0 Å². The number of benzene rings is 1. The van der Waals surface area contributed by atoms with Gasteiger partial charge in [0, 0.05) is 23.9 Å². The van der Waals surface area contributed by atoms with Gasteiger partial charge in [0.05, 0.1) is 23.8 Å². The van der Waals surface area contributed by atoms with E-state index in [2.05, 4.69) is 78.0 Å². The van der Waals surface area contributed by atoms with E-state index < -0.39 is 39.8 Å². The third-order valence-electron chi connectivity index (χ3n) is 15.7. The number of fused-ring (bicyclic) bond motifs is 7. The fourth-order valence-corrected chi connectivity index (χ4v) is 12.6. The maximum atomic E-state index is 14.4. The van der Waals surface area contributed by atoms with Crippen molar-refractivity contribution in [2.24, 2.45) is 56.5 Å². The molecule has 5 aliphatic carbocycles. The van der Waals surface area contributed by atoms with Crippen molar-refractivity contribution in [3.8, 4) is 0 Å². The average molecular weight is 717 g/mol. The number of esters is 1. The number of hydrogen-bond acceptors (Lipinski definition) is 7. The number of aliphatic carboxylic acids is 1. The lowest BCUT2D eigenvalue weighted by Crippen LogP contribution is -2.76. The molecule has 0 heterocycles. The minimum absolute atomic E-state index is 0.00866. The van der Waals surface area contributed by atoms with Crippen molar-refractivity contribution in [2.75, 3.05) is 6.54 Å². The van der Waals surface area contributed by atoms with E-state index in [1.165, 1.54) is 11.1 Å². The van der Waals surface area contributed by atoms with E-state index in [0.717, 1.165) is 56.1 Å². The Morgan fingerprint density at radius 3 is 2.29 bits per heavy atom. The second-order valence-electron chi connectivity index (χ2n) is 19.6. The van der Waals surface area contributed by atoms with Gasteiger partial charge in [-0.3, -0.25) is 19.2 Å². The summed E-state index contributed by atoms with van der Waals surface area (Å²) in [5.41, 5.74) is 8.90. The molecule has 0 saturated heterocycles. The molecule has 6 rings (SSSR count). The molecule has 52 heavy (non-hydrogen) atoms. The average Bonchev–Trinajstić information content (AvgIpc) is 3.38. The SMILES string of the molecule is Cc1ccc(CNCC(=O)C23CCC4C(CCC5C4(C)CCC4(N)C(C)(C)C(OC(=O)CC(C)(C)C(=O)O)CCC54C)C2=C(C(C)C)C(=O)C3)cc1. The number of carbonyl (C=O) groups is 4. The zero-order chi connectivity index (χ0) is 38.2. The van der Waals surface area contributed by atoms with Crippen molar-refractivity contribution in [1.29, 1.82) is 0 Å². The number of aryl methyl sites for hydroxylation is 1. The first-order valence-corrected chi connectivity index (χ1v) is 19.9. The fourth-order valence-electron chi connectivity index (χ4n) is 12.6. The normalized spacial score (nSPS) is 36.8. The minimum atomic E-state index is -1.20. The zero-order valence-electron chi connectivity index (χ0n) is 33.2. The monoisotopic (exact) mass is 716 g/mol. The number of allylic oxidation sites excluding steroid dienone is 2. The lowest BCUT2D eigenvalue weighted by atomic mass is 9.34. The molecule has 1 aromatic carbocycles. The Morgan fingerprint density at radius 1 is 0.981 bits per heavy atom. The van der Waals surface area contributed by atoms with Crippen molar-refractivity contribution < 1.29 is 29.0 Å². The standard InChI is InChI=1S/C44H64N2O6/c1-26(2)36-31(47)22-43(33(48)25-46-24-28-12-10-27(3)11-13-28)19-16-30-29(37(36)43)14-15-32-41(30,8)20-21-44(45)40(6,7)34(17-18-42(32,44)9)52-35(49)23-39(4,5)38(50)51/h10-13,26,29-30,32,34,46H,14-25,45H2,1-9H3,(H,50,51). The van der Waals surface area contributed by atoms with Crippen LogP contribution >= 0.6 is 0 Å². The van der Waals surface area contributed by atoms with Crippen LogP contribution in [0.15, 0.2) is 35.4 Å². The van der Waals surface area contributed by atoms with Gasteiger partial charge in [-0.15, -0.1) is 0 Å². The summed E-state index contributed by atoms with van der Waals surface area (Å²) in [4.78, 5) is 53.2. The summed E-state index contributed by atoms with van der Waals surface area (Å²) in [5.74, 6) is -0.175. The molecule has 8 heteroatoms. The van der Waals surface area contributed by atoms with E-state index >= 15 is 0 Å². The predicted molar refractivity (Wildman–Crippen MR) is 202 cm³/mol. The number of carboxylic acid groups (broad SMARTS) is 1. The third-order valence-corrected chi connectivity index (χ3v) is 15.7. The largest absolute Gasteiger partial charge is 0.481 e. The van der Waals surface area contributed by atoms with E-state index in [1.54, 1.807) is 13.8 Å². The number of rotatable bonds is 10. The number of carbonyl (C=O) groups excluding carboxylic acids is 3. The highest BCUT2D eigenvalue weighted by Crippen LogP contribution is 2.73. The Balaban J connectivity index is 1.25. The van der Waals surface area contributed by atoms with Crippen LogP contribution in [0.5, 0.6) is 0 Å². The van der Waals surface area contributed by atoms with Crippen molar-refractivity contribution in [2.45, 2.75) is 145 Å². The van der Waals surface area contributed by atoms with Crippen molar-refractivity contribution in [3.63, 3.8) is 0 Å². The lowest BCUT2D eigenvalue weighted by molar-refractivity contribution is -0.223. The molecule has 0 spiro atoms. The summed E-state index contributed by atoms with van der Waals surface area (Å²) >= 11 is 0. The number of Topliss-reactive ketones (excluding diaryl/α,β-unsaturated/α-hetero) is 2. The van der Waals surface area contributed by atoms with Crippen LogP contribution in [0.2, 0.25) is 0 Å². The van der Waals surface area contributed by atoms with Crippen molar-refractivity contribution in [1.82, 2.24) is 5.32 Å². The number of carboxylic acids is 1. The molecule has 8 atom stereocenters. The summed E-state index contributed by atoms with van der Waals surface area (Å²) in [7, 11) is 0. The molecule has 0 aromatic heterocycles. The third kappa shape index (κ3) is 5.84. The Kier molecular flexibility index (Phi) is 9.85. The second-order valence-corrected chi connectivity index (χ2v) is 19.6. The minimum Gasteiger partial charge on any atom is -0.481 e. The van der Waals surface area contributed by atoms with E-state index in [1.807, 2.05) is 0 Å². The maximum absolute atomic E-state index is 14.4. The molecule has 5 aliphatic rings. The van der Waals surface area contributed by atoms with Gasteiger partial charge in [0.25, 0.3) is 0 Å². The van der Waals surface area contributed by atoms with Crippen LogP contribution < -0.4 is 11.1 Å². The molecule has 0 amide bonds. The topological polar surface area (TPSA) is 136 Å².